The molecule has 0 amide bonds. The summed E-state index contributed by atoms with van der Waals surface area (Å²) in [4.78, 5) is 29.3. The molecule has 3 rings (SSSR count). The average molecular weight is 602 g/mol. The van der Waals surface area contributed by atoms with Crippen molar-refractivity contribution in [3.05, 3.63) is 60.0 Å². The lowest BCUT2D eigenvalue weighted by Gasteiger charge is -2.15. The molecule has 174 valence electrons. The highest BCUT2D eigenvalue weighted by Gasteiger charge is 2.19. The van der Waals surface area contributed by atoms with Crippen LogP contribution in [0.25, 0.3) is 10.9 Å². The molecular weight excluding hydrogens is 582 g/mol. The number of carbonyl (C=O) groups is 1. The number of aromatic nitrogens is 2. The summed E-state index contributed by atoms with van der Waals surface area (Å²) in [6.07, 6.45) is 1.47. The molecule has 11 heteroatoms. The Morgan fingerprint density at radius 1 is 1.27 bits per heavy atom. The number of benzene rings is 2. The second-order valence-electron chi connectivity index (χ2n) is 7.14. The summed E-state index contributed by atoms with van der Waals surface area (Å²) in [5, 5.41) is 5.03. The molecule has 0 spiro atoms. The summed E-state index contributed by atoms with van der Waals surface area (Å²) in [5.41, 5.74) is 0.822. The lowest BCUT2D eigenvalue weighted by atomic mass is 10.2. The molecule has 1 heterocycles. The maximum Gasteiger partial charge on any atom is 0.343 e. The fraction of sp³-hybridized carbons (Fsp3) is 0.273. The molecular formula is C22H20Br2ClN3O5. The predicted octanol–water partition coefficient (Wildman–Crippen LogP) is 5.14. The van der Waals surface area contributed by atoms with Crippen LogP contribution in [0, 0.1) is 0 Å². The van der Waals surface area contributed by atoms with Gasteiger partial charge in [0.15, 0.2) is 18.1 Å². The third kappa shape index (κ3) is 5.39. The first-order valence-corrected chi connectivity index (χ1v) is 11.7. The smallest absolute Gasteiger partial charge is 0.343 e. The highest BCUT2D eigenvalue weighted by atomic mass is 79.9. The van der Waals surface area contributed by atoms with Gasteiger partial charge in [-0.25, -0.2) is 9.78 Å². The van der Waals surface area contributed by atoms with Crippen molar-refractivity contribution in [3.63, 3.8) is 0 Å². The van der Waals surface area contributed by atoms with Crippen LogP contribution in [-0.4, -0.2) is 42.7 Å². The van der Waals surface area contributed by atoms with Crippen molar-refractivity contribution in [2.24, 2.45) is 5.10 Å². The zero-order chi connectivity index (χ0) is 24.3. The molecule has 8 nitrogen and oxygen atoms in total. The number of rotatable bonds is 7. The van der Waals surface area contributed by atoms with Crippen molar-refractivity contribution < 1.29 is 19.0 Å². The SMILES string of the molecule is COC(=O)COc1c(OC)cc(C=Nn2c(C(C)C)nc3ccc(Br)cc3c2=O)c(Br)c1Cl. The van der Waals surface area contributed by atoms with E-state index in [-0.39, 0.29) is 34.6 Å². The van der Waals surface area contributed by atoms with Crippen molar-refractivity contribution in [3.8, 4) is 11.5 Å². The average Bonchev–Trinajstić information content (AvgIpc) is 2.79. The van der Waals surface area contributed by atoms with Crippen LogP contribution < -0.4 is 15.0 Å². The summed E-state index contributed by atoms with van der Waals surface area (Å²) in [5.74, 6) is 0.346. The summed E-state index contributed by atoms with van der Waals surface area (Å²) in [6.45, 7) is 3.53. The number of hydrogen-bond acceptors (Lipinski definition) is 7. The van der Waals surface area contributed by atoms with Gasteiger partial charge in [0.1, 0.15) is 10.8 Å². The van der Waals surface area contributed by atoms with E-state index >= 15 is 0 Å². The van der Waals surface area contributed by atoms with Gasteiger partial charge in [-0.3, -0.25) is 4.79 Å². The number of nitrogens with zero attached hydrogens (tertiary/aromatic N) is 3. The molecule has 0 saturated carbocycles. The third-order valence-electron chi connectivity index (χ3n) is 4.60. The summed E-state index contributed by atoms with van der Waals surface area (Å²) < 4.78 is 17.9. The Labute approximate surface area is 211 Å². The molecule has 0 unspecified atom stereocenters. The van der Waals surface area contributed by atoms with E-state index in [0.717, 1.165) is 4.47 Å². The molecule has 0 bridgehead atoms. The van der Waals surface area contributed by atoms with Gasteiger partial charge < -0.3 is 14.2 Å². The Morgan fingerprint density at radius 3 is 2.64 bits per heavy atom. The number of halogens is 3. The van der Waals surface area contributed by atoms with Crippen molar-refractivity contribution in [1.82, 2.24) is 9.66 Å². The van der Waals surface area contributed by atoms with Gasteiger partial charge in [-0.05, 0) is 40.2 Å². The van der Waals surface area contributed by atoms with E-state index in [4.69, 9.17) is 21.1 Å². The first-order valence-electron chi connectivity index (χ1n) is 9.70. The molecule has 1 aromatic heterocycles. The minimum atomic E-state index is -0.564. The van der Waals surface area contributed by atoms with Crippen molar-refractivity contribution in [2.45, 2.75) is 19.8 Å². The molecule has 0 aliphatic heterocycles. The van der Waals surface area contributed by atoms with Gasteiger partial charge in [-0.1, -0.05) is 41.4 Å². The monoisotopic (exact) mass is 599 g/mol. The van der Waals surface area contributed by atoms with E-state index in [1.807, 2.05) is 19.9 Å². The fourth-order valence-corrected chi connectivity index (χ4v) is 3.96. The van der Waals surface area contributed by atoms with E-state index in [9.17, 15) is 9.59 Å². The number of ether oxygens (including phenoxy) is 3. The lowest BCUT2D eigenvalue weighted by Crippen LogP contribution is -2.23. The largest absolute Gasteiger partial charge is 0.493 e. The standard InChI is InChI=1S/C22H20Br2ClN3O5/c1-11(2)21-27-15-6-5-13(23)8-14(15)22(30)28(21)26-9-12-7-16(31-3)20(19(25)18(12)24)33-10-17(29)32-4/h5-9,11H,10H2,1-4H3. The number of methoxy groups -OCH3 is 2. The Bertz CT molecular complexity index is 1310. The summed E-state index contributed by atoms with van der Waals surface area (Å²) in [7, 11) is 2.70. The van der Waals surface area contributed by atoms with Crippen LogP contribution in [0.1, 0.15) is 31.2 Å². The van der Waals surface area contributed by atoms with Gasteiger partial charge in [0.05, 0.1) is 31.3 Å². The van der Waals surface area contributed by atoms with Gasteiger partial charge >= 0.3 is 5.97 Å². The Kier molecular flexibility index (Phi) is 8.14. The van der Waals surface area contributed by atoms with Crippen LogP contribution in [0.3, 0.4) is 0 Å². The van der Waals surface area contributed by atoms with Crippen LogP contribution in [0.5, 0.6) is 11.5 Å². The molecule has 3 aromatic rings. The predicted molar refractivity (Wildman–Crippen MR) is 134 cm³/mol. The Morgan fingerprint density at radius 2 is 2.00 bits per heavy atom. The maximum atomic E-state index is 13.2. The summed E-state index contributed by atoms with van der Waals surface area (Å²) >= 11 is 13.3. The van der Waals surface area contributed by atoms with Gasteiger partial charge in [-0.2, -0.15) is 9.78 Å². The molecule has 2 aromatic carbocycles. The minimum absolute atomic E-state index is 0.0569. The molecule has 0 fully saturated rings. The highest BCUT2D eigenvalue weighted by Crippen LogP contribution is 2.42. The van der Waals surface area contributed by atoms with E-state index < -0.39 is 5.97 Å². The number of carbonyl (C=O) groups excluding carboxylic acids is 1. The van der Waals surface area contributed by atoms with E-state index in [1.54, 1.807) is 18.2 Å². The van der Waals surface area contributed by atoms with Crippen LogP contribution in [0.15, 0.2) is 43.1 Å². The molecule has 0 aliphatic rings. The number of fused-ring (bicyclic) bond motifs is 1. The van der Waals surface area contributed by atoms with E-state index in [1.165, 1.54) is 25.1 Å². The quantitative estimate of drug-likeness (QED) is 0.275. The fourth-order valence-electron chi connectivity index (χ4n) is 2.95. The van der Waals surface area contributed by atoms with Gasteiger partial charge in [0.2, 0.25) is 0 Å². The van der Waals surface area contributed by atoms with Crippen LogP contribution in [0.4, 0.5) is 0 Å². The normalized spacial score (nSPS) is 11.4. The van der Waals surface area contributed by atoms with Gasteiger partial charge in [-0.15, -0.1) is 0 Å². The molecule has 33 heavy (non-hydrogen) atoms. The van der Waals surface area contributed by atoms with Crippen LogP contribution in [-0.2, 0) is 9.53 Å². The highest BCUT2D eigenvalue weighted by molar-refractivity contribution is 9.10. The van der Waals surface area contributed by atoms with Gasteiger partial charge in [0.25, 0.3) is 5.56 Å². The zero-order valence-electron chi connectivity index (χ0n) is 18.2. The Balaban J connectivity index is 2.10. The van der Waals surface area contributed by atoms with Crippen molar-refractivity contribution in [2.75, 3.05) is 20.8 Å². The second kappa shape index (κ2) is 10.7. The van der Waals surface area contributed by atoms with Crippen molar-refractivity contribution >= 4 is 66.5 Å². The van der Waals surface area contributed by atoms with E-state index in [0.29, 0.717) is 26.8 Å². The summed E-state index contributed by atoms with van der Waals surface area (Å²) in [6, 6.07) is 6.96. The number of hydrogen-bond donors (Lipinski definition) is 0. The molecule has 0 N–H and O–H groups in total. The number of esters is 1. The first kappa shape index (κ1) is 25.2. The van der Waals surface area contributed by atoms with Crippen LogP contribution in [0.2, 0.25) is 5.02 Å². The third-order valence-corrected chi connectivity index (χ3v) is 6.54. The topological polar surface area (TPSA) is 92.0 Å². The minimum Gasteiger partial charge on any atom is -0.493 e. The maximum absolute atomic E-state index is 13.2. The van der Waals surface area contributed by atoms with E-state index in [2.05, 4.69) is 46.7 Å². The molecule has 0 saturated heterocycles. The lowest BCUT2D eigenvalue weighted by molar-refractivity contribution is -0.142. The van der Waals surface area contributed by atoms with Crippen LogP contribution >= 0.6 is 43.5 Å². The zero-order valence-corrected chi connectivity index (χ0v) is 22.1. The molecule has 0 radical (unpaired) electrons. The molecule has 0 aliphatic carbocycles. The van der Waals surface area contributed by atoms with Gasteiger partial charge in [0, 0.05) is 20.4 Å². The van der Waals surface area contributed by atoms with Crippen molar-refractivity contribution in [1.29, 1.82) is 0 Å². The Hall–Kier alpha value is -2.43. The first-order chi connectivity index (χ1) is 15.7. The second-order valence-corrected chi connectivity index (χ2v) is 9.22. The molecule has 0 atom stereocenters.